The molecule has 0 saturated carbocycles. The highest BCUT2D eigenvalue weighted by molar-refractivity contribution is 7.14. The van der Waals surface area contributed by atoms with Crippen LogP contribution in [0.5, 0.6) is 0 Å². The number of aliphatic hydroxyl groups is 1. The molecule has 1 amide bonds. The number of hydrogen-bond acceptors (Lipinski definition) is 5. The Morgan fingerprint density at radius 1 is 1.06 bits per heavy atom. The molecule has 7 heteroatoms. The van der Waals surface area contributed by atoms with E-state index in [2.05, 4.69) is 25.8 Å². The summed E-state index contributed by atoms with van der Waals surface area (Å²) < 4.78 is 13.4. The average Bonchev–Trinajstić information content (AvgIpc) is 3.34. The third-order valence-electron chi connectivity index (χ3n) is 5.28. The molecule has 31 heavy (non-hydrogen) atoms. The minimum absolute atomic E-state index is 0.0460. The second-order valence-electron chi connectivity index (χ2n) is 8.36. The van der Waals surface area contributed by atoms with Gasteiger partial charge in [0.15, 0.2) is 5.13 Å². The third-order valence-corrected chi connectivity index (χ3v) is 6.05. The quantitative estimate of drug-likeness (QED) is 0.348. The van der Waals surface area contributed by atoms with Crippen molar-refractivity contribution < 1.29 is 19.1 Å². The Morgan fingerprint density at radius 3 is 2.26 bits per heavy atom. The summed E-state index contributed by atoms with van der Waals surface area (Å²) in [5, 5.41) is 13.1. The second kappa shape index (κ2) is 7.74. The van der Waals surface area contributed by atoms with Crippen LogP contribution >= 0.6 is 11.3 Å². The first kappa shape index (κ1) is 20.9. The van der Waals surface area contributed by atoms with Crippen LogP contribution in [-0.4, -0.2) is 21.8 Å². The van der Waals surface area contributed by atoms with Crippen LogP contribution in [0.15, 0.2) is 65.7 Å². The first-order valence-electron chi connectivity index (χ1n) is 9.75. The molecule has 0 radical (unpaired) electrons. The largest absolute Gasteiger partial charge is 0.507 e. The van der Waals surface area contributed by atoms with Crippen molar-refractivity contribution in [2.45, 2.75) is 32.2 Å². The maximum Gasteiger partial charge on any atom is 0.301 e. The zero-order valence-electron chi connectivity index (χ0n) is 17.3. The number of thiazole rings is 1. The zero-order valence-corrected chi connectivity index (χ0v) is 18.1. The molecule has 1 N–H and O–H groups in total. The molecule has 1 aromatic heterocycles. The van der Waals surface area contributed by atoms with Gasteiger partial charge in [0, 0.05) is 17.1 Å². The summed E-state index contributed by atoms with van der Waals surface area (Å²) in [7, 11) is 0. The number of nitrogens with zero attached hydrogens (tertiary/aromatic N) is 2. The van der Waals surface area contributed by atoms with E-state index < -0.39 is 23.5 Å². The Bertz CT molecular complexity index is 1160. The Kier molecular flexibility index (Phi) is 5.23. The highest BCUT2D eigenvalue weighted by atomic mass is 32.1. The number of Topliss-reactive ketones (excluding diaryl/α,β-unsaturated/α-hetero) is 1. The lowest BCUT2D eigenvalue weighted by molar-refractivity contribution is -0.132. The molecule has 4 rings (SSSR count). The van der Waals surface area contributed by atoms with E-state index in [-0.39, 0.29) is 22.3 Å². The smallest absolute Gasteiger partial charge is 0.301 e. The van der Waals surface area contributed by atoms with Gasteiger partial charge in [0.05, 0.1) is 11.6 Å². The van der Waals surface area contributed by atoms with E-state index in [1.165, 1.54) is 40.5 Å². The van der Waals surface area contributed by atoms with Crippen LogP contribution in [0.2, 0.25) is 0 Å². The van der Waals surface area contributed by atoms with E-state index >= 15 is 0 Å². The first-order chi connectivity index (χ1) is 14.7. The minimum atomic E-state index is -0.842. The molecule has 1 fully saturated rings. The van der Waals surface area contributed by atoms with Gasteiger partial charge in [0.2, 0.25) is 0 Å². The Labute approximate surface area is 183 Å². The molecular formula is C24H21FN2O3S. The van der Waals surface area contributed by atoms with Gasteiger partial charge in [-0.2, -0.15) is 0 Å². The van der Waals surface area contributed by atoms with Gasteiger partial charge in [-0.25, -0.2) is 9.37 Å². The molecule has 0 bridgehead atoms. The number of rotatable bonds is 3. The Morgan fingerprint density at radius 2 is 1.71 bits per heavy atom. The lowest BCUT2D eigenvalue weighted by atomic mass is 9.85. The molecule has 1 unspecified atom stereocenters. The van der Waals surface area contributed by atoms with Crippen molar-refractivity contribution >= 4 is 33.9 Å². The number of carbonyl (C=O) groups excluding carboxylic acids is 2. The van der Waals surface area contributed by atoms with Crippen molar-refractivity contribution in [2.24, 2.45) is 0 Å². The summed E-state index contributed by atoms with van der Waals surface area (Å²) in [6.07, 6.45) is 1.55. The van der Waals surface area contributed by atoms with Crippen molar-refractivity contribution in [2.75, 3.05) is 4.90 Å². The molecule has 3 aromatic rings. The molecule has 1 atom stereocenters. The number of amides is 1. The zero-order chi connectivity index (χ0) is 22.3. The summed E-state index contributed by atoms with van der Waals surface area (Å²) in [6, 6.07) is 11.9. The average molecular weight is 437 g/mol. The maximum atomic E-state index is 13.4. The maximum absolute atomic E-state index is 13.4. The number of ketones is 1. The molecule has 5 nitrogen and oxygen atoms in total. The lowest BCUT2D eigenvalue weighted by Gasteiger charge is -2.24. The van der Waals surface area contributed by atoms with Crippen molar-refractivity contribution in [3.05, 3.63) is 88.2 Å². The van der Waals surface area contributed by atoms with E-state index in [1.54, 1.807) is 11.6 Å². The van der Waals surface area contributed by atoms with Gasteiger partial charge in [-0.05, 0) is 40.8 Å². The van der Waals surface area contributed by atoms with Crippen LogP contribution in [-0.2, 0) is 15.0 Å². The summed E-state index contributed by atoms with van der Waals surface area (Å²) in [5.74, 6) is -2.37. The van der Waals surface area contributed by atoms with E-state index in [4.69, 9.17) is 0 Å². The number of benzene rings is 2. The SMILES string of the molecule is CC(C)(C)c1ccc(C2/C(=C(\O)c3ccc(F)cc3)C(=O)C(=O)N2c2nccs2)cc1. The normalized spacial score (nSPS) is 18.6. The summed E-state index contributed by atoms with van der Waals surface area (Å²) in [5.41, 5.74) is 1.92. The summed E-state index contributed by atoms with van der Waals surface area (Å²) in [6.45, 7) is 6.29. The molecule has 1 aliphatic heterocycles. The number of halogens is 1. The number of anilines is 1. The Hall–Kier alpha value is -3.32. The van der Waals surface area contributed by atoms with Crippen LogP contribution < -0.4 is 4.90 Å². The van der Waals surface area contributed by atoms with Gasteiger partial charge in [0.25, 0.3) is 5.78 Å². The van der Waals surface area contributed by atoms with Crippen LogP contribution in [0.25, 0.3) is 5.76 Å². The number of hydrogen-bond donors (Lipinski definition) is 1. The van der Waals surface area contributed by atoms with E-state index in [9.17, 15) is 19.1 Å². The molecule has 1 aliphatic rings. The molecule has 2 heterocycles. The highest BCUT2D eigenvalue weighted by Gasteiger charge is 2.48. The second-order valence-corrected chi connectivity index (χ2v) is 9.24. The molecule has 2 aromatic carbocycles. The molecule has 0 spiro atoms. The predicted molar refractivity (Wildman–Crippen MR) is 118 cm³/mol. The number of aromatic nitrogens is 1. The van der Waals surface area contributed by atoms with Crippen LogP contribution in [0.3, 0.4) is 0 Å². The monoisotopic (exact) mass is 436 g/mol. The number of aliphatic hydroxyl groups excluding tert-OH is 1. The fraction of sp³-hybridized carbons (Fsp3) is 0.208. The first-order valence-corrected chi connectivity index (χ1v) is 10.6. The van der Waals surface area contributed by atoms with Crippen LogP contribution in [0.1, 0.15) is 43.5 Å². The van der Waals surface area contributed by atoms with Gasteiger partial charge in [-0.1, -0.05) is 45.0 Å². The fourth-order valence-corrected chi connectivity index (χ4v) is 4.28. The van der Waals surface area contributed by atoms with Crippen molar-refractivity contribution in [1.82, 2.24) is 4.98 Å². The van der Waals surface area contributed by atoms with Crippen LogP contribution in [0, 0.1) is 5.82 Å². The van der Waals surface area contributed by atoms with Gasteiger partial charge in [0.1, 0.15) is 11.6 Å². The van der Waals surface area contributed by atoms with Gasteiger partial charge < -0.3 is 5.11 Å². The lowest BCUT2D eigenvalue weighted by Crippen LogP contribution is -2.29. The molecule has 0 aliphatic carbocycles. The van der Waals surface area contributed by atoms with Crippen molar-refractivity contribution in [3.8, 4) is 0 Å². The van der Waals surface area contributed by atoms with Gasteiger partial charge in [-0.15, -0.1) is 11.3 Å². The van der Waals surface area contributed by atoms with Crippen molar-refractivity contribution in [3.63, 3.8) is 0 Å². The highest BCUT2D eigenvalue weighted by Crippen LogP contribution is 2.43. The predicted octanol–water partition coefficient (Wildman–Crippen LogP) is 5.21. The van der Waals surface area contributed by atoms with Crippen LogP contribution in [0.4, 0.5) is 9.52 Å². The standard InChI is InChI=1S/C24H21FN2O3S/c1-24(2,3)16-8-4-14(5-9-16)19-18(20(28)15-6-10-17(25)11-7-15)21(29)22(30)27(19)23-26-12-13-31-23/h4-13,19,28H,1-3H3/b20-18+. The van der Waals surface area contributed by atoms with E-state index in [1.807, 2.05) is 24.3 Å². The number of carbonyl (C=O) groups is 2. The van der Waals surface area contributed by atoms with Gasteiger partial charge in [-0.3, -0.25) is 14.5 Å². The minimum Gasteiger partial charge on any atom is -0.507 e. The molecule has 158 valence electrons. The molecule has 1 saturated heterocycles. The Balaban J connectivity index is 1.90. The summed E-state index contributed by atoms with van der Waals surface area (Å²) in [4.78, 5) is 31.5. The van der Waals surface area contributed by atoms with E-state index in [0.29, 0.717) is 10.7 Å². The van der Waals surface area contributed by atoms with Gasteiger partial charge >= 0.3 is 5.91 Å². The summed E-state index contributed by atoms with van der Waals surface area (Å²) >= 11 is 1.23. The third kappa shape index (κ3) is 3.77. The van der Waals surface area contributed by atoms with E-state index in [0.717, 1.165) is 5.56 Å². The topological polar surface area (TPSA) is 70.5 Å². The van der Waals surface area contributed by atoms with Crippen molar-refractivity contribution in [1.29, 1.82) is 0 Å². The fourth-order valence-electron chi connectivity index (χ4n) is 3.61. The molecular weight excluding hydrogens is 415 g/mol.